The van der Waals surface area contributed by atoms with Gasteiger partial charge in [-0.15, -0.1) is 0 Å². The van der Waals surface area contributed by atoms with E-state index in [9.17, 15) is 28.1 Å². The number of nitrogens with zero attached hydrogens (tertiary/aromatic N) is 2. The minimum absolute atomic E-state index is 0.102. The lowest BCUT2D eigenvalue weighted by Gasteiger charge is -2.20. The van der Waals surface area contributed by atoms with Gasteiger partial charge in [0.15, 0.2) is 6.10 Å². The molecule has 3 rings (SSSR count). The Labute approximate surface area is 191 Å². The number of carbonyl (C=O) groups is 2. The monoisotopic (exact) mass is 475 g/mol. The summed E-state index contributed by atoms with van der Waals surface area (Å²) in [7, 11) is -3.63. The molecule has 11 heteroatoms. The Kier molecular flexibility index (Phi) is 7.77. The molecule has 1 saturated heterocycles. The smallest absolute Gasteiger partial charge is 0.338 e. The van der Waals surface area contributed by atoms with Crippen LogP contribution in [0.5, 0.6) is 0 Å². The number of ether oxygens (including phenoxy) is 1. The summed E-state index contributed by atoms with van der Waals surface area (Å²) in [6, 6.07) is 10.7. The first-order valence-electron chi connectivity index (χ1n) is 10.5. The SMILES string of the molecule is CC(OC(=O)c1ccc(S(=O)(=O)N2CCCCCC2)cc1)C(=O)Nc1ccc([N+](=O)[O-])cc1. The second-order valence-corrected chi connectivity index (χ2v) is 9.62. The summed E-state index contributed by atoms with van der Waals surface area (Å²) < 4.78 is 32.3. The lowest BCUT2D eigenvalue weighted by atomic mass is 10.2. The van der Waals surface area contributed by atoms with Gasteiger partial charge in [-0.3, -0.25) is 14.9 Å². The molecular formula is C22H25N3O7S. The molecule has 1 fully saturated rings. The molecule has 0 bridgehead atoms. The Morgan fingerprint density at radius 1 is 1.00 bits per heavy atom. The molecule has 1 aliphatic heterocycles. The fraction of sp³-hybridized carbons (Fsp3) is 0.364. The summed E-state index contributed by atoms with van der Waals surface area (Å²) in [6.07, 6.45) is 2.51. The van der Waals surface area contributed by atoms with Crippen molar-refractivity contribution in [2.45, 2.75) is 43.6 Å². The summed E-state index contributed by atoms with van der Waals surface area (Å²) in [4.78, 5) is 34.9. The second kappa shape index (κ2) is 10.5. The van der Waals surface area contributed by atoms with Crippen molar-refractivity contribution in [3.05, 3.63) is 64.2 Å². The average Bonchev–Trinajstić information content (AvgIpc) is 3.09. The zero-order chi connectivity index (χ0) is 24.0. The molecule has 176 valence electrons. The van der Waals surface area contributed by atoms with E-state index < -0.39 is 32.9 Å². The number of rotatable bonds is 7. The van der Waals surface area contributed by atoms with E-state index in [0.29, 0.717) is 18.8 Å². The molecule has 1 heterocycles. The van der Waals surface area contributed by atoms with Crippen molar-refractivity contribution in [1.82, 2.24) is 4.31 Å². The molecule has 2 aromatic carbocycles. The van der Waals surface area contributed by atoms with Gasteiger partial charge in [-0.05, 0) is 56.2 Å². The number of nitro benzene ring substituents is 1. The van der Waals surface area contributed by atoms with Crippen molar-refractivity contribution >= 4 is 33.3 Å². The number of hydrogen-bond acceptors (Lipinski definition) is 7. The quantitative estimate of drug-likeness (QED) is 0.368. The van der Waals surface area contributed by atoms with Crippen LogP contribution < -0.4 is 5.32 Å². The molecule has 0 aromatic heterocycles. The highest BCUT2D eigenvalue weighted by atomic mass is 32.2. The third-order valence-corrected chi connectivity index (χ3v) is 7.20. The number of benzene rings is 2. The third kappa shape index (κ3) is 6.14. The zero-order valence-corrected chi connectivity index (χ0v) is 18.9. The number of carbonyl (C=O) groups excluding carboxylic acids is 2. The van der Waals surface area contributed by atoms with Gasteiger partial charge in [0.1, 0.15) is 0 Å². The van der Waals surface area contributed by atoms with Gasteiger partial charge in [0.25, 0.3) is 11.6 Å². The van der Waals surface area contributed by atoms with Crippen LogP contribution in [0.3, 0.4) is 0 Å². The number of nitrogens with one attached hydrogen (secondary N) is 1. The minimum atomic E-state index is -3.63. The van der Waals surface area contributed by atoms with Gasteiger partial charge < -0.3 is 10.1 Å². The maximum Gasteiger partial charge on any atom is 0.338 e. The standard InChI is InChI=1S/C22H25N3O7S/c1-16(21(26)23-18-8-10-19(11-9-18)25(28)29)32-22(27)17-6-12-20(13-7-17)33(30,31)24-14-4-2-3-5-15-24/h6-13,16H,2-5,14-15H2,1H3,(H,23,26). The highest BCUT2D eigenvalue weighted by Crippen LogP contribution is 2.21. The maximum absolute atomic E-state index is 12.8. The van der Waals surface area contributed by atoms with E-state index in [-0.39, 0.29) is 16.1 Å². The lowest BCUT2D eigenvalue weighted by Crippen LogP contribution is -2.32. The predicted octanol–water partition coefficient (Wildman–Crippen LogP) is 3.34. The van der Waals surface area contributed by atoms with Gasteiger partial charge in [-0.25, -0.2) is 13.2 Å². The Bertz CT molecular complexity index is 1110. The predicted molar refractivity (Wildman–Crippen MR) is 120 cm³/mol. The molecule has 1 unspecified atom stereocenters. The maximum atomic E-state index is 12.8. The first kappa shape index (κ1) is 24.3. The third-order valence-electron chi connectivity index (χ3n) is 5.29. The van der Waals surface area contributed by atoms with Gasteiger partial charge in [0, 0.05) is 30.9 Å². The van der Waals surface area contributed by atoms with E-state index in [2.05, 4.69) is 5.32 Å². The summed E-state index contributed by atoms with van der Waals surface area (Å²) in [6.45, 7) is 2.35. The van der Waals surface area contributed by atoms with Crippen LogP contribution in [0.15, 0.2) is 53.4 Å². The van der Waals surface area contributed by atoms with Crippen LogP contribution in [0.25, 0.3) is 0 Å². The molecule has 0 saturated carbocycles. The number of anilines is 1. The highest BCUT2D eigenvalue weighted by Gasteiger charge is 2.26. The average molecular weight is 476 g/mol. The Hall–Kier alpha value is -3.31. The first-order chi connectivity index (χ1) is 15.7. The summed E-state index contributed by atoms with van der Waals surface area (Å²) in [5.41, 5.74) is 0.310. The number of hydrogen-bond donors (Lipinski definition) is 1. The van der Waals surface area contributed by atoms with Gasteiger partial charge in [0.2, 0.25) is 10.0 Å². The fourth-order valence-corrected chi connectivity index (χ4v) is 4.90. The largest absolute Gasteiger partial charge is 0.449 e. The highest BCUT2D eigenvalue weighted by molar-refractivity contribution is 7.89. The Balaban J connectivity index is 1.60. The van der Waals surface area contributed by atoms with E-state index in [0.717, 1.165) is 25.7 Å². The van der Waals surface area contributed by atoms with E-state index in [4.69, 9.17) is 4.74 Å². The number of sulfonamides is 1. The molecular weight excluding hydrogens is 450 g/mol. The van der Waals surface area contributed by atoms with E-state index in [1.807, 2.05) is 0 Å². The summed E-state index contributed by atoms with van der Waals surface area (Å²) >= 11 is 0. The molecule has 1 amide bonds. The van der Waals surface area contributed by atoms with Gasteiger partial charge in [-0.2, -0.15) is 4.31 Å². The normalized spacial score (nSPS) is 15.8. The number of nitro groups is 1. The van der Waals surface area contributed by atoms with Crippen molar-refractivity contribution in [3.8, 4) is 0 Å². The zero-order valence-electron chi connectivity index (χ0n) is 18.1. The van der Waals surface area contributed by atoms with Crippen LogP contribution in [-0.4, -0.2) is 48.7 Å². The van der Waals surface area contributed by atoms with Crippen molar-refractivity contribution in [3.63, 3.8) is 0 Å². The number of non-ortho nitro benzene ring substituents is 1. The molecule has 1 N–H and O–H groups in total. The van der Waals surface area contributed by atoms with Crippen LogP contribution >= 0.6 is 0 Å². The van der Waals surface area contributed by atoms with Crippen LogP contribution in [0.1, 0.15) is 43.0 Å². The summed E-state index contributed by atoms with van der Waals surface area (Å²) in [5, 5.41) is 13.2. The van der Waals surface area contributed by atoms with Crippen molar-refractivity contribution in [2.75, 3.05) is 18.4 Å². The van der Waals surface area contributed by atoms with Gasteiger partial charge >= 0.3 is 5.97 Å². The van der Waals surface area contributed by atoms with E-state index in [1.54, 1.807) is 0 Å². The lowest BCUT2D eigenvalue weighted by molar-refractivity contribution is -0.384. The molecule has 10 nitrogen and oxygen atoms in total. The molecule has 0 spiro atoms. The topological polar surface area (TPSA) is 136 Å². The molecule has 1 atom stereocenters. The van der Waals surface area contributed by atoms with Crippen LogP contribution in [-0.2, 0) is 19.6 Å². The van der Waals surface area contributed by atoms with Crippen LogP contribution in [0.2, 0.25) is 0 Å². The fourth-order valence-electron chi connectivity index (χ4n) is 3.39. The molecule has 0 aliphatic carbocycles. The Morgan fingerprint density at radius 2 is 1.58 bits per heavy atom. The Morgan fingerprint density at radius 3 is 2.12 bits per heavy atom. The second-order valence-electron chi connectivity index (χ2n) is 7.68. The van der Waals surface area contributed by atoms with Crippen LogP contribution in [0.4, 0.5) is 11.4 Å². The summed E-state index contributed by atoms with van der Waals surface area (Å²) in [5.74, 6) is -1.39. The van der Waals surface area contributed by atoms with E-state index >= 15 is 0 Å². The number of esters is 1. The van der Waals surface area contributed by atoms with E-state index in [1.165, 1.54) is 59.8 Å². The van der Waals surface area contributed by atoms with Gasteiger partial charge in [0.05, 0.1) is 15.4 Å². The van der Waals surface area contributed by atoms with Crippen molar-refractivity contribution < 1.29 is 27.7 Å². The molecule has 0 radical (unpaired) electrons. The van der Waals surface area contributed by atoms with Crippen molar-refractivity contribution in [2.24, 2.45) is 0 Å². The van der Waals surface area contributed by atoms with Gasteiger partial charge in [-0.1, -0.05) is 12.8 Å². The molecule has 2 aromatic rings. The molecule has 1 aliphatic rings. The minimum Gasteiger partial charge on any atom is -0.449 e. The number of amides is 1. The van der Waals surface area contributed by atoms with Crippen molar-refractivity contribution in [1.29, 1.82) is 0 Å². The van der Waals surface area contributed by atoms with Crippen LogP contribution in [0, 0.1) is 10.1 Å². The first-order valence-corrected chi connectivity index (χ1v) is 12.0. The molecule has 33 heavy (non-hydrogen) atoms.